The average Bonchev–Trinajstić information content (AvgIpc) is 2.95. The summed E-state index contributed by atoms with van der Waals surface area (Å²) in [5.74, 6) is 1.20. The molecule has 1 N–H and O–H groups in total. The van der Waals surface area contributed by atoms with Crippen LogP contribution >= 0.6 is 11.8 Å². The maximum Gasteiger partial charge on any atom is 0.227 e. The first-order chi connectivity index (χ1) is 13.1. The van der Waals surface area contributed by atoms with Crippen LogP contribution in [-0.2, 0) is 4.79 Å². The number of aryl methyl sites for hydroxylation is 1. The molecule has 7 heteroatoms. The van der Waals surface area contributed by atoms with Crippen LogP contribution in [0.1, 0.15) is 23.3 Å². The number of nitriles is 1. The number of hydrogen-bond donors (Lipinski definition) is 1. The molecule has 0 unspecified atom stereocenters. The van der Waals surface area contributed by atoms with Crippen molar-refractivity contribution in [1.29, 1.82) is 5.26 Å². The van der Waals surface area contributed by atoms with Crippen molar-refractivity contribution in [2.45, 2.75) is 25.3 Å². The van der Waals surface area contributed by atoms with Gasteiger partial charge in [0.15, 0.2) is 0 Å². The first-order valence-corrected chi connectivity index (χ1v) is 9.37. The van der Waals surface area contributed by atoms with Crippen LogP contribution in [0.15, 0.2) is 52.2 Å². The van der Waals surface area contributed by atoms with Gasteiger partial charge in [0.2, 0.25) is 11.8 Å². The highest BCUT2D eigenvalue weighted by Gasteiger charge is 2.16. The average molecular weight is 378 g/mol. The van der Waals surface area contributed by atoms with Crippen molar-refractivity contribution in [3.05, 3.63) is 59.6 Å². The lowest BCUT2D eigenvalue weighted by Crippen LogP contribution is -2.12. The topological polar surface area (TPSA) is 91.8 Å². The summed E-state index contributed by atoms with van der Waals surface area (Å²) in [6, 6.07) is 13.8. The highest BCUT2D eigenvalue weighted by atomic mass is 32.2. The van der Waals surface area contributed by atoms with Crippen LogP contribution in [0.5, 0.6) is 0 Å². The zero-order valence-electron chi connectivity index (χ0n) is 15.0. The van der Waals surface area contributed by atoms with Crippen LogP contribution in [0, 0.1) is 25.2 Å². The monoisotopic (exact) mass is 378 g/mol. The SMILES string of the molecule is Cc1oc(NC(=O)CCSc2cc(-c3ccccc3)ncn2)c(C#N)c1C. The fourth-order valence-electron chi connectivity index (χ4n) is 2.47. The molecule has 3 rings (SSSR count). The predicted octanol–water partition coefficient (Wildman–Crippen LogP) is 4.35. The minimum Gasteiger partial charge on any atom is -0.444 e. The largest absolute Gasteiger partial charge is 0.444 e. The minimum atomic E-state index is -0.204. The van der Waals surface area contributed by atoms with Crippen LogP contribution in [-0.4, -0.2) is 21.6 Å². The summed E-state index contributed by atoms with van der Waals surface area (Å²) >= 11 is 1.48. The van der Waals surface area contributed by atoms with E-state index in [4.69, 9.17) is 4.42 Å². The molecule has 136 valence electrons. The van der Waals surface area contributed by atoms with E-state index in [1.165, 1.54) is 18.1 Å². The molecule has 0 aliphatic rings. The lowest BCUT2D eigenvalue weighted by atomic mass is 10.1. The van der Waals surface area contributed by atoms with Crippen LogP contribution in [0.4, 0.5) is 5.88 Å². The molecule has 0 fully saturated rings. The van der Waals surface area contributed by atoms with E-state index in [-0.39, 0.29) is 18.2 Å². The molecule has 0 radical (unpaired) electrons. The molecule has 1 aromatic carbocycles. The lowest BCUT2D eigenvalue weighted by Gasteiger charge is -2.04. The highest BCUT2D eigenvalue weighted by Crippen LogP contribution is 2.26. The third-order valence-corrected chi connectivity index (χ3v) is 4.97. The van der Waals surface area contributed by atoms with Gasteiger partial charge < -0.3 is 4.42 Å². The molecule has 0 atom stereocenters. The molecular weight excluding hydrogens is 360 g/mol. The highest BCUT2D eigenvalue weighted by molar-refractivity contribution is 7.99. The molecule has 2 heterocycles. The van der Waals surface area contributed by atoms with Gasteiger partial charge in [0.1, 0.15) is 23.7 Å². The van der Waals surface area contributed by atoms with Gasteiger partial charge in [-0.25, -0.2) is 9.97 Å². The van der Waals surface area contributed by atoms with Gasteiger partial charge in [-0.1, -0.05) is 30.3 Å². The Hall–Kier alpha value is -3.11. The van der Waals surface area contributed by atoms with Crippen molar-refractivity contribution in [1.82, 2.24) is 9.97 Å². The Bertz CT molecular complexity index is 993. The van der Waals surface area contributed by atoms with E-state index in [0.29, 0.717) is 17.1 Å². The van der Waals surface area contributed by atoms with Gasteiger partial charge in [0.25, 0.3) is 0 Å². The molecule has 0 bridgehead atoms. The van der Waals surface area contributed by atoms with Gasteiger partial charge >= 0.3 is 0 Å². The van der Waals surface area contributed by atoms with Crippen molar-refractivity contribution in [2.24, 2.45) is 0 Å². The predicted molar refractivity (Wildman–Crippen MR) is 104 cm³/mol. The number of amides is 1. The fourth-order valence-corrected chi connectivity index (χ4v) is 3.29. The molecule has 0 saturated heterocycles. The summed E-state index contributed by atoms with van der Waals surface area (Å²) in [6.45, 7) is 3.56. The second-order valence-corrected chi connectivity index (χ2v) is 6.97. The van der Waals surface area contributed by atoms with Crippen molar-refractivity contribution >= 4 is 23.6 Å². The van der Waals surface area contributed by atoms with Crippen molar-refractivity contribution in [2.75, 3.05) is 11.1 Å². The number of furan rings is 1. The molecule has 27 heavy (non-hydrogen) atoms. The fraction of sp³-hybridized carbons (Fsp3) is 0.200. The Balaban J connectivity index is 1.57. The summed E-state index contributed by atoms with van der Waals surface area (Å²) in [5, 5.41) is 12.7. The van der Waals surface area contributed by atoms with Crippen LogP contribution in [0.2, 0.25) is 0 Å². The maximum absolute atomic E-state index is 12.2. The van der Waals surface area contributed by atoms with Gasteiger partial charge in [-0.2, -0.15) is 5.26 Å². The van der Waals surface area contributed by atoms with E-state index in [0.717, 1.165) is 21.8 Å². The zero-order valence-corrected chi connectivity index (χ0v) is 15.8. The third kappa shape index (κ3) is 4.54. The quantitative estimate of drug-likeness (QED) is 0.506. The van der Waals surface area contributed by atoms with Gasteiger partial charge in [0.05, 0.1) is 10.7 Å². The van der Waals surface area contributed by atoms with Crippen LogP contribution in [0.3, 0.4) is 0 Å². The Labute approximate surface area is 161 Å². The molecule has 6 nitrogen and oxygen atoms in total. The number of nitrogens with zero attached hydrogens (tertiary/aromatic N) is 3. The molecule has 3 aromatic rings. The summed E-state index contributed by atoms with van der Waals surface area (Å²) in [5.41, 5.74) is 2.98. The van der Waals surface area contributed by atoms with E-state index in [2.05, 4.69) is 21.4 Å². The van der Waals surface area contributed by atoms with Gasteiger partial charge in [-0.3, -0.25) is 10.1 Å². The second kappa shape index (κ2) is 8.52. The number of anilines is 1. The number of aromatic nitrogens is 2. The standard InChI is InChI=1S/C20H18N4O2S/c1-13-14(2)26-20(16(13)11-21)24-18(25)8-9-27-19-10-17(22-12-23-19)15-6-4-3-5-7-15/h3-7,10,12H,8-9H2,1-2H3,(H,24,25). The van der Waals surface area contributed by atoms with E-state index in [1.807, 2.05) is 36.4 Å². The molecule has 0 spiro atoms. The Morgan fingerprint density at radius 1 is 1.26 bits per heavy atom. The van der Waals surface area contributed by atoms with E-state index in [9.17, 15) is 10.1 Å². The van der Waals surface area contributed by atoms with Gasteiger partial charge in [-0.15, -0.1) is 11.8 Å². The van der Waals surface area contributed by atoms with Crippen LogP contribution in [0.25, 0.3) is 11.3 Å². The van der Waals surface area contributed by atoms with Crippen LogP contribution < -0.4 is 5.32 Å². The summed E-state index contributed by atoms with van der Waals surface area (Å²) in [4.78, 5) is 20.7. The summed E-state index contributed by atoms with van der Waals surface area (Å²) in [7, 11) is 0. The number of hydrogen-bond acceptors (Lipinski definition) is 6. The molecule has 1 amide bonds. The van der Waals surface area contributed by atoms with E-state index in [1.54, 1.807) is 13.8 Å². The second-order valence-electron chi connectivity index (χ2n) is 5.85. The third-order valence-electron chi connectivity index (χ3n) is 4.04. The molecule has 0 aliphatic heterocycles. The number of nitrogens with one attached hydrogen (secondary N) is 1. The Kier molecular flexibility index (Phi) is 5.89. The lowest BCUT2D eigenvalue weighted by molar-refractivity contribution is -0.115. The van der Waals surface area contributed by atoms with Crippen molar-refractivity contribution < 1.29 is 9.21 Å². The van der Waals surface area contributed by atoms with Gasteiger partial charge in [-0.05, 0) is 19.9 Å². The molecule has 2 aromatic heterocycles. The number of benzene rings is 1. The number of rotatable bonds is 6. The minimum absolute atomic E-state index is 0.204. The molecule has 0 aliphatic carbocycles. The zero-order chi connectivity index (χ0) is 19.2. The number of carbonyl (C=O) groups is 1. The Morgan fingerprint density at radius 3 is 2.78 bits per heavy atom. The summed E-state index contributed by atoms with van der Waals surface area (Å²) < 4.78 is 5.45. The number of carbonyl (C=O) groups excluding carboxylic acids is 1. The van der Waals surface area contributed by atoms with E-state index < -0.39 is 0 Å². The first kappa shape index (κ1) is 18.7. The maximum atomic E-state index is 12.2. The Morgan fingerprint density at radius 2 is 2.04 bits per heavy atom. The molecule has 0 saturated carbocycles. The smallest absolute Gasteiger partial charge is 0.227 e. The summed E-state index contributed by atoms with van der Waals surface area (Å²) in [6.07, 6.45) is 1.80. The first-order valence-electron chi connectivity index (χ1n) is 8.38. The number of thioether (sulfide) groups is 1. The van der Waals surface area contributed by atoms with Crippen molar-refractivity contribution in [3.8, 4) is 17.3 Å². The van der Waals surface area contributed by atoms with E-state index >= 15 is 0 Å². The van der Waals surface area contributed by atoms with Crippen molar-refractivity contribution in [3.63, 3.8) is 0 Å². The molecular formula is C20H18N4O2S. The normalized spacial score (nSPS) is 10.4. The van der Waals surface area contributed by atoms with Gasteiger partial charge in [0, 0.05) is 23.3 Å².